The molecule has 3 unspecified atom stereocenters. The molecule has 1 aliphatic carbocycles. The lowest BCUT2D eigenvalue weighted by Crippen LogP contribution is -2.59. The highest BCUT2D eigenvalue weighted by molar-refractivity contribution is 6.32. The Morgan fingerprint density at radius 2 is 1.80 bits per heavy atom. The number of likely N-dealkylation sites (tertiary alicyclic amines) is 1. The lowest BCUT2D eigenvalue weighted by molar-refractivity contribution is -0.0938. The van der Waals surface area contributed by atoms with Gasteiger partial charge in [0.15, 0.2) is 0 Å². The van der Waals surface area contributed by atoms with Gasteiger partial charge in [-0.05, 0) is 65.8 Å². The molecule has 1 heterocycles. The second-order valence-electron chi connectivity index (χ2n) is 10.5. The maximum Gasteiger partial charge on any atom is 0.138 e. The van der Waals surface area contributed by atoms with Crippen molar-refractivity contribution in [2.75, 3.05) is 13.1 Å². The summed E-state index contributed by atoms with van der Waals surface area (Å²) in [6, 6.07) is 21.2. The third kappa shape index (κ3) is 5.22. The van der Waals surface area contributed by atoms with E-state index in [0.717, 1.165) is 56.3 Å². The molecule has 0 bridgehead atoms. The summed E-state index contributed by atoms with van der Waals surface area (Å²) in [5.41, 5.74) is 7.55. The van der Waals surface area contributed by atoms with Gasteiger partial charge < -0.3 is 15.6 Å². The molecule has 1 aliphatic heterocycles. The quantitative estimate of drug-likeness (QED) is 0.425. The Hall–Kier alpha value is -2.11. The van der Waals surface area contributed by atoms with Crippen molar-refractivity contribution < 1.29 is 9.84 Å². The van der Waals surface area contributed by atoms with Crippen LogP contribution in [-0.2, 0) is 6.61 Å². The Morgan fingerprint density at radius 3 is 2.57 bits per heavy atom. The fraction of sp³-hybridized carbons (Fsp3) is 0.467. The van der Waals surface area contributed by atoms with Crippen molar-refractivity contribution in [1.82, 2.24) is 4.90 Å². The minimum absolute atomic E-state index is 0.0181. The van der Waals surface area contributed by atoms with Crippen molar-refractivity contribution in [1.29, 1.82) is 0 Å². The maximum absolute atomic E-state index is 12.0. The van der Waals surface area contributed by atoms with Crippen LogP contribution in [-0.4, -0.2) is 40.8 Å². The van der Waals surface area contributed by atoms with Crippen LogP contribution in [0.5, 0.6) is 5.75 Å². The van der Waals surface area contributed by atoms with Crippen LogP contribution < -0.4 is 10.5 Å². The fourth-order valence-corrected chi connectivity index (χ4v) is 6.32. The number of aliphatic hydroxyl groups is 1. The Labute approximate surface area is 214 Å². The zero-order chi connectivity index (χ0) is 24.4. The number of benzene rings is 3. The van der Waals surface area contributed by atoms with E-state index < -0.39 is 5.60 Å². The molecule has 5 rings (SSSR count). The first-order chi connectivity index (χ1) is 16.9. The summed E-state index contributed by atoms with van der Waals surface area (Å²) in [5.74, 6) is 0.656. The van der Waals surface area contributed by atoms with Gasteiger partial charge in [0.05, 0.1) is 10.6 Å². The molecule has 2 aliphatic rings. The molecule has 0 radical (unpaired) electrons. The van der Waals surface area contributed by atoms with Crippen LogP contribution >= 0.6 is 11.6 Å². The van der Waals surface area contributed by atoms with Gasteiger partial charge in [-0.2, -0.15) is 0 Å². The minimum Gasteiger partial charge on any atom is -0.487 e. The summed E-state index contributed by atoms with van der Waals surface area (Å²) in [4.78, 5) is 2.49. The smallest absolute Gasteiger partial charge is 0.138 e. The van der Waals surface area contributed by atoms with Gasteiger partial charge in [-0.3, -0.25) is 4.90 Å². The molecule has 1 saturated heterocycles. The molecule has 3 aromatic rings. The molecule has 186 valence electrons. The van der Waals surface area contributed by atoms with E-state index in [-0.39, 0.29) is 12.0 Å². The third-order valence-electron chi connectivity index (χ3n) is 8.31. The van der Waals surface area contributed by atoms with E-state index >= 15 is 0 Å². The first-order valence-corrected chi connectivity index (χ1v) is 13.4. The molecule has 0 aromatic heterocycles. The SMILES string of the molecule is CC(c1ccc(OCc2ccc3ccccc3c2)c(Cl)c1)C1(O)CCCCC1N1CCC(N)CC1. The van der Waals surface area contributed by atoms with Crippen LogP contribution in [0.25, 0.3) is 10.8 Å². The molecule has 0 amide bonds. The number of ether oxygens (including phenoxy) is 1. The molecular formula is C30H37ClN2O2. The molecular weight excluding hydrogens is 456 g/mol. The Morgan fingerprint density at radius 1 is 1.03 bits per heavy atom. The average molecular weight is 493 g/mol. The van der Waals surface area contributed by atoms with Crippen LogP contribution in [0.15, 0.2) is 60.7 Å². The van der Waals surface area contributed by atoms with Crippen molar-refractivity contribution in [3.05, 3.63) is 76.8 Å². The summed E-state index contributed by atoms with van der Waals surface area (Å²) >= 11 is 6.69. The van der Waals surface area contributed by atoms with Crippen LogP contribution in [0, 0.1) is 0 Å². The summed E-state index contributed by atoms with van der Waals surface area (Å²) in [7, 11) is 0. The normalized spacial score (nSPS) is 25.0. The lowest BCUT2D eigenvalue weighted by atomic mass is 9.69. The van der Waals surface area contributed by atoms with E-state index in [0.29, 0.717) is 23.4 Å². The number of hydrogen-bond acceptors (Lipinski definition) is 4. The van der Waals surface area contributed by atoms with Gasteiger partial charge in [-0.1, -0.05) is 73.8 Å². The summed E-state index contributed by atoms with van der Waals surface area (Å²) in [6.45, 7) is 4.56. The minimum atomic E-state index is -0.767. The van der Waals surface area contributed by atoms with Crippen LogP contribution in [0.1, 0.15) is 62.5 Å². The van der Waals surface area contributed by atoms with E-state index in [2.05, 4.69) is 60.4 Å². The number of piperidine rings is 1. The number of fused-ring (bicyclic) bond motifs is 1. The molecule has 3 atom stereocenters. The van der Waals surface area contributed by atoms with E-state index in [4.69, 9.17) is 22.1 Å². The average Bonchev–Trinajstić information content (AvgIpc) is 2.88. The summed E-state index contributed by atoms with van der Waals surface area (Å²) < 4.78 is 6.09. The third-order valence-corrected chi connectivity index (χ3v) is 8.61. The van der Waals surface area contributed by atoms with Crippen molar-refractivity contribution in [2.24, 2.45) is 5.73 Å². The van der Waals surface area contributed by atoms with Gasteiger partial charge in [0.25, 0.3) is 0 Å². The predicted octanol–water partition coefficient (Wildman–Crippen LogP) is 6.27. The number of hydrogen-bond donors (Lipinski definition) is 2. The van der Waals surface area contributed by atoms with Gasteiger partial charge in [0, 0.05) is 31.1 Å². The van der Waals surface area contributed by atoms with E-state index in [1.165, 1.54) is 17.2 Å². The maximum atomic E-state index is 12.0. The molecule has 3 aromatic carbocycles. The molecule has 5 heteroatoms. The number of rotatable bonds is 6. The lowest BCUT2D eigenvalue weighted by Gasteiger charge is -2.50. The Kier molecular flexibility index (Phi) is 7.36. The van der Waals surface area contributed by atoms with E-state index in [9.17, 15) is 5.11 Å². The zero-order valence-corrected chi connectivity index (χ0v) is 21.4. The van der Waals surface area contributed by atoms with Crippen molar-refractivity contribution >= 4 is 22.4 Å². The molecule has 2 fully saturated rings. The molecule has 3 N–H and O–H groups in total. The second-order valence-corrected chi connectivity index (χ2v) is 10.9. The first-order valence-electron chi connectivity index (χ1n) is 13.1. The van der Waals surface area contributed by atoms with Gasteiger partial charge in [-0.15, -0.1) is 0 Å². The molecule has 4 nitrogen and oxygen atoms in total. The van der Waals surface area contributed by atoms with Gasteiger partial charge in [0.1, 0.15) is 12.4 Å². The Bertz CT molecular complexity index is 1160. The predicted molar refractivity (Wildman–Crippen MR) is 144 cm³/mol. The molecule has 0 spiro atoms. The second kappa shape index (κ2) is 10.5. The number of nitrogens with two attached hydrogens (primary N) is 1. The summed E-state index contributed by atoms with van der Waals surface area (Å²) in [5, 5.41) is 15.0. The highest BCUT2D eigenvalue weighted by Gasteiger charge is 2.46. The van der Waals surface area contributed by atoms with Crippen molar-refractivity contribution in [3.63, 3.8) is 0 Å². The highest BCUT2D eigenvalue weighted by Crippen LogP contribution is 2.44. The van der Waals surface area contributed by atoms with Crippen LogP contribution in [0.2, 0.25) is 5.02 Å². The zero-order valence-electron chi connectivity index (χ0n) is 20.6. The molecule has 35 heavy (non-hydrogen) atoms. The van der Waals surface area contributed by atoms with Crippen LogP contribution in [0.3, 0.4) is 0 Å². The van der Waals surface area contributed by atoms with Gasteiger partial charge in [-0.25, -0.2) is 0 Å². The Balaban J connectivity index is 1.30. The van der Waals surface area contributed by atoms with Gasteiger partial charge in [0.2, 0.25) is 0 Å². The van der Waals surface area contributed by atoms with Crippen LogP contribution in [0.4, 0.5) is 0 Å². The highest BCUT2D eigenvalue weighted by atomic mass is 35.5. The number of halogens is 1. The fourth-order valence-electron chi connectivity index (χ4n) is 6.08. The van der Waals surface area contributed by atoms with Gasteiger partial charge >= 0.3 is 0 Å². The van der Waals surface area contributed by atoms with E-state index in [1.807, 2.05) is 12.1 Å². The van der Waals surface area contributed by atoms with E-state index in [1.54, 1.807) is 0 Å². The molecule has 1 saturated carbocycles. The van der Waals surface area contributed by atoms with Crippen molar-refractivity contribution in [3.8, 4) is 5.75 Å². The topological polar surface area (TPSA) is 58.7 Å². The monoisotopic (exact) mass is 492 g/mol. The number of nitrogens with zero attached hydrogens (tertiary/aromatic N) is 1. The summed E-state index contributed by atoms with van der Waals surface area (Å²) in [6.07, 6.45) is 6.11. The largest absolute Gasteiger partial charge is 0.487 e. The standard InChI is InChI=1S/C30H37ClN2O2/c1-21(30(34)15-5-4-8-29(30)33-16-13-26(32)14-17-33)24-11-12-28(27(31)19-24)35-20-22-9-10-23-6-2-3-7-25(23)18-22/h2-3,6-7,9-12,18-19,21,26,29,34H,4-5,8,13-17,20,32H2,1H3. The van der Waals surface area contributed by atoms with Crippen molar-refractivity contribution in [2.45, 2.75) is 75.7 Å². The first kappa shape index (κ1) is 24.6.